The number of carbonyl (C=O) groups excluding carboxylic acids is 3. The maximum absolute atomic E-state index is 12.9. The predicted molar refractivity (Wildman–Crippen MR) is 68.3 cm³/mol. The highest BCUT2D eigenvalue weighted by molar-refractivity contribution is 5.92. The Balaban J connectivity index is 2.56. The van der Waals surface area contributed by atoms with Crippen molar-refractivity contribution in [3.8, 4) is 0 Å². The molecule has 2 amide bonds. The van der Waals surface area contributed by atoms with Crippen LogP contribution in [0.3, 0.4) is 0 Å². The third-order valence-electron chi connectivity index (χ3n) is 2.51. The molecule has 114 valence electrons. The van der Waals surface area contributed by atoms with Crippen molar-refractivity contribution in [1.82, 2.24) is 10.2 Å². The Hall–Kier alpha value is -2.51. The largest absolute Gasteiger partial charge is 0.452 e. The van der Waals surface area contributed by atoms with Crippen molar-refractivity contribution in [3.05, 3.63) is 35.4 Å². The molecule has 0 unspecified atom stereocenters. The highest BCUT2D eigenvalue weighted by Gasteiger charge is 2.16. The lowest BCUT2D eigenvalue weighted by molar-refractivity contribution is -0.137. The number of esters is 1. The van der Waals surface area contributed by atoms with E-state index in [0.717, 1.165) is 17.0 Å². The van der Waals surface area contributed by atoms with Crippen LogP contribution in [0.2, 0.25) is 0 Å². The molecule has 0 atom stereocenters. The fourth-order valence-electron chi connectivity index (χ4n) is 1.38. The summed E-state index contributed by atoms with van der Waals surface area (Å²) in [6.45, 7) is -0.827. The molecule has 0 radical (unpaired) electrons. The molecular weight excluding hydrogens is 286 g/mol. The summed E-state index contributed by atoms with van der Waals surface area (Å²) >= 11 is 0. The molecule has 0 saturated heterocycles. The second-order valence-electron chi connectivity index (χ2n) is 4.16. The van der Waals surface area contributed by atoms with Crippen LogP contribution in [-0.2, 0) is 14.3 Å². The van der Waals surface area contributed by atoms with Crippen LogP contribution in [0.15, 0.2) is 18.2 Å². The van der Waals surface area contributed by atoms with Crippen LogP contribution in [-0.4, -0.2) is 49.9 Å². The molecule has 0 fully saturated rings. The normalized spacial score (nSPS) is 9.90. The molecule has 0 bridgehead atoms. The van der Waals surface area contributed by atoms with Crippen molar-refractivity contribution < 1.29 is 27.9 Å². The van der Waals surface area contributed by atoms with Crippen molar-refractivity contribution in [2.24, 2.45) is 0 Å². The van der Waals surface area contributed by atoms with E-state index in [1.54, 1.807) is 0 Å². The third-order valence-corrected chi connectivity index (χ3v) is 2.51. The molecule has 1 aromatic rings. The summed E-state index contributed by atoms with van der Waals surface area (Å²) in [5, 5.41) is 2.33. The molecule has 0 spiro atoms. The summed E-state index contributed by atoms with van der Waals surface area (Å²) in [6, 6.07) is 2.20. The van der Waals surface area contributed by atoms with Crippen LogP contribution in [0.4, 0.5) is 8.78 Å². The lowest BCUT2D eigenvalue weighted by Gasteiger charge is -2.15. The first-order valence-electron chi connectivity index (χ1n) is 5.91. The Kier molecular flexibility index (Phi) is 5.77. The van der Waals surface area contributed by atoms with Gasteiger partial charge in [0.25, 0.3) is 5.91 Å². The number of nitrogens with zero attached hydrogens (tertiary/aromatic N) is 1. The zero-order valence-corrected chi connectivity index (χ0v) is 11.5. The molecule has 0 aliphatic carbocycles. The Morgan fingerprint density at radius 2 is 1.76 bits per heavy atom. The van der Waals surface area contributed by atoms with E-state index in [9.17, 15) is 23.2 Å². The van der Waals surface area contributed by atoms with E-state index in [-0.39, 0.29) is 18.0 Å². The Morgan fingerprint density at radius 3 is 2.29 bits per heavy atom. The first kappa shape index (κ1) is 16.5. The van der Waals surface area contributed by atoms with Gasteiger partial charge in [0.1, 0.15) is 11.6 Å². The maximum atomic E-state index is 12.9. The van der Waals surface area contributed by atoms with Gasteiger partial charge in [0, 0.05) is 20.2 Å². The minimum absolute atomic E-state index is 0.193. The minimum atomic E-state index is -1.03. The highest BCUT2D eigenvalue weighted by atomic mass is 19.1. The molecule has 0 saturated carbocycles. The number of carbonyl (C=O) groups is 3. The van der Waals surface area contributed by atoms with Crippen molar-refractivity contribution in [1.29, 1.82) is 0 Å². The maximum Gasteiger partial charge on any atom is 0.338 e. The molecule has 0 aliphatic heterocycles. The summed E-state index contributed by atoms with van der Waals surface area (Å²) in [5.41, 5.74) is -0.339. The Morgan fingerprint density at radius 1 is 1.19 bits per heavy atom. The van der Waals surface area contributed by atoms with Crippen LogP contribution in [0, 0.1) is 11.6 Å². The van der Waals surface area contributed by atoms with E-state index in [4.69, 9.17) is 0 Å². The predicted octanol–water partition coefficient (Wildman–Crippen LogP) is 0.326. The number of likely N-dealkylation sites (N-methyl/N-ethyl adjacent to an activating group) is 2. The monoisotopic (exact) mass is 300 g/mol. The average molecular weight is 300 g/mol. The van der Waals surface area contributed by atoms with E-state index >= 15 is 0 Å². The molecule has 0 aliphatic rings. The number of rotatable bonds is 5. The van der Waals surface area contributed by atoms with Gasteiger partial charge in [-0.15, -0.1) is 0 Å². The first-order valence-corrected chi connectivity index (χ1v) is 5.91. The van der Waals surface area contributed by atoms with Gasteiger partial charge in [0.15, 0.2) is 6.61 Å². The zero-order valence-electron chi connectivity index (χ0n) is 11.5. The highest BCUT2D eigenvalue weighted by Crippen LogP contribution is 2.09. The van der Waals surface area contributed by atoms with Gasteiger partial charge >= 0.3 is 5.97 Å². The van der Waals surface area contributed by atoms with Crippen molar-refractivity contribution in [2.75, 3.05) is 27.2 Å². The van der Waals surface area contributed by atoms with E-state index in [1.807, 2.05) is 0 Å². The summed E-state index contributed by atoms with van der Waals surface area (Å²) in [5.74, 6) is -3.89. The smallest absolute Gasteiger partial charge is 0.338 e. The number of halogens is 2. The van der Waals surface area contributed by atoms with Gasteiger partial charge in [-0.1, -0.05) is 0 Å². The number of benzene rings is 1. The third kappa shape index (κ3) is 5.17. The number of nitrogens with one attached hydrogen (secondary N) is 1. The Bertz CT molecular complexity index is 543. The summed E-state index contributed by atoms with van der Waals surface area (Å²) < 4.78 is 30.5. The van der Waals surface area contributed by atoms with Crippen LogP contribution >= 0.6 is 0 Å². The van der Waals surface area contributed by atoms with Crippen molar-refractivity contribution >= 4 is 17.8 Å². The first-order chi connectivity index (χ1) is 9.83. The molecule has 21 heavy (non-hydrogen) atoms. The van der Waals surface area contributed by atoms with Crippen molar-refractivity contribution in [2.45, 2.75) is 0 Å². The lowest BCUT2D eigenvalue weighted by atomic mass is 10.2. The van der Waals surface area contributed by atoms with Gasteiger partial charge in [0.2, 0.25) is 5.91 Å². The van der Waals surface area contributed by atoms with Crippen LogP contribution in [0.5, 0.6) is 0 Å². The van der Waals surface area contributed by atoms with Gasteiger partial charge in [0.05, 0.1) is 12.1 Å². The molecule has 1 rings (SSSR count). The second kappa shape index (κ2) is 7.32. The van der Waals surface area contributed by atoms with Gasteiger partial charge < -0.3 is 15.0 Å². The van der Waals surface area contributed by atoms with Gasteiger partial charge in [-0.25, -0.2) is 13.6 Å². The standard InChI is InChI=1S/C13H14F2N2O4/c1-16-11(18)6-17(2)12(19)7-21-13(20)8-3-9(14)5-10(15)4-8/h3-5H,6-7H2,1-2H3,(H,16,18). The fraction of sp³-hybridized carbons (Fsp3) is 0.308. The van der Waals surface area contributed by atoms with Crippen LogP contribution in [0.25, 0.3) is 0 Å². The average Bonchev–Trinajstić information content (AvgIpc) is 2.42. The minimum Gasteiger partial charge on any atom is -0.452 e. The lowest BCUT2D eigenvalue weighted by Crippen LogP contribution is -2.39. The van der Waals surface area contributed by atoms with E-state index in [0.29, 0.717) is 6.07 Å². The Labute approximate surface area is 119 Å². The van der Waals surface area contributed by atoms with Crippen LogP contribution in [0.1, 0.15) is 10.4 Å². The van der Waals surface area contributed by atoms with E-state index < -0.39 is 30.1 Å². The summed E-state index contributed by atoms with van der Waals surface area (Å²) in [4.78, 5) is 35.3. The van der Waals surface area contributed by atoms with E-state index in [2.05, 4.69) is 10.1 Å². The molecule has 8 heteroatoms. The molecule has 0 aromatic heterocycles. The van der Waals surface area contributed by atoms with Crippen LogP contribution < -0.4 is 5.32 Å². The summed E-state index contributed by atoms with van der Waals surface area (Å²) in [6.07, 6.45) is 0. The second-order valence-corrected chi connectivity index (χ2v) is 4.16. The number of amides is 2. The zero-order chi connectivity index (χ0) is 16.0. The van der Waals surface area contributed by atoms with Gasteiger partial charge in [-0.2, -0.15) is 0 Å². The molecule has 6 nitrogen and oxygen atoms in total. The molecular formula is C13H14F2N2O4. The van der Waals surface area contributed by atoms with E-state index in [1.165, 1.54) is 14.1 Å². The van der Waals surface area contributed by atoms with Crippen molar-refractivity contribution in [3.63, 3.8) is 0 Å². The van der Waals surface area contributed by atoms with Gasteiger partial charge in [-0.3, -0.25) is 9.59 Å². The molecule has 0 heterocycles. The number of hydrogen-bond donors (Lipinski definition) is 1. The number of hydrogen-bond acceptors (Lipinski definition) is 4. The fourth-order valence-corrected chi connectivity index (χ4v) is 1.38. The quantitative estimate of drug-likeness (QED) is 0.795. The molecule has 1 N–H and O–H groups in total. The SMILES string of the molecule is CNC(=O)CN(C)C(=O)COC(=O)c1cc(F)cc(F)c1. The molecule has 1 aromatic carbocycles. The number of ether oxygens (including phenoxy) is 1. The summed E-state index contributed by atoms with van der Waals surface area (Å²) in [7, 11) is 2.77. The van der Waals surface area contributed by atoms with Gasteiger partial charge in [-0.05, 0) is 12.1 Å². The topological polar surface area (TPSA) is 75.7 Å².